The lowest BCUT2D eigenvalue weighted by Gasteiger charge is -2.34. The first-order valence-corrected chi connectivity index (χ1v) is 12.0. The highest BCUT2D eigenvalue weighted by Gasteiger charge is 2.55. The molecule has 4 atom stereocenters. The summed E-state index contributed by atoms with van der Waals surface area (Å²) in [5.74, 6) is -4.07. The number of nitriles is 1. The molecular weight excluding hydrogens is 505 g/mol. The third kappa shape index (κ3) is 5.79. The number of nitrogens with one attached hydrogen (secondary N) is 2. The average molecular weight is 535 g/mol. The Morgan fingerprint density at radius 3 is 2.45 bits per heavy atom. The lowest BCUT2D eigenvalue weighted by molar-refractivity contribution is -0.175. The van der Waals surface area contributed by atoms with Crippen molar-refractivity contribution in [2.24, 2.45) is 10.9 Å². The summed E-state index contributed by atoms with van der Waals surface area (Å²) in [5, 5.41) is 14.1. The summed E-state index contributed by atoms with van der Waals surface area (Å²) in [6.45, 7) is 4.47. The van der Waals surface area contributed by atoms with Crippen LogP contribution in [0.15, 0.2) is 35.3 Å². The van der Waals surface area contributed by atoms with E-state index < -0.39 is 53.5 Å². The van der Waals surface area contributed by atoms with Crippen LogP contribution in [0.3, 0.4) is 0 Å². The quantitative estimate of drug-likeness (QED) is 0.545. The molecule has 13 heteroatoms. The number of rotatable bonds is 7. The maximum atomic E-state index is 13.7. The molecule has 2 heterocycles. The van der Waals surface area contributed by atoms with Crippen LogP contribution in [-0.4, -0.2) is 82.7 Å². The van der Waals surface area contributed by atoms with Crippen molar-refractivity contribution in [2.45, 2.75) is 63.5 Å². The molecule has 1 fully saturated rings. The molecule has 0 bridgehead atoms. The van der Waals surface area contributed by atoms with Crippen molar-refractivity contribution in [3.05, 3.63) is 35.9 Å². The summed E-state index contributed by atoms with van der Waals surface area (Å²) in [7, 11) is 1.25. The van der Waals surface area contributed by atoms with Gasteiger partial charge in [0.05, 0.1) is 12.6 Å². The van der Waals surface area contributed by atoms with Crippen LogP contribution < -0.4 is 10.6 Å². The van der Waals surface area contributed by atoms with Gasteiger partial charge in [0.1, 0.15) is 24.0 Å². The standard InChI is InChI=1S/C25H29F3N6O4/c1-14(2)10-18(33(4)20(35)15(3)30-23(38)25(26,27)28)21(36)34-13-24(11-17(34)12-29)22(37)31-19(32-24)16-8-6-5-7-9-16/h5-9,14-15,17-18H,10-11,13H2,1-4H3,(H,30,38)(H,31,32,37)/t15-,17-,18-,24+/m0/s1. The van der Waals surface area contributed by atoms with E-state index in [1.54, 1.807) is 49.5 Å². The van der Waals surface area contributed by atoms with Crippen molar-refractivity contribution in [1.29, 1.82) is 5.26 Å². The molecule has 1 aromatic rings. The normalized spacial score (nSPS) is 22.5. The molecule has 10 nitrogen and oxygen atoms in total. The summed E-state index contributed by atoms with van der Waals surface area (Å²) >= 11 is 0. The Kier molecular flexibility index (Phi) is 8.14. The molecule has 1 saturated heterocycles. The minimum atomic E-state index is -5.18. The van der Waals surface area contributed by atoms with Crippen molar-refractivity contribution in [3.8, 4) is 6.07 Å². The minimum Gasteiger partial charge on any atom is -0.337 e. The number of likely N-dealkylation sites (N-methyl/N-ethyl adjacent to an activating group) is 1. The summed E-state index contributed by atoms with van der Waals surface area (Å²) in [4.78, 5) is 57.7. The fraction of sp³-hybridized carbons (Fsp3) is 0.520. The molecule has 4 amide bonds. The smallest absolute Gasteiger partial charge is 0.337 e. The van der Waals surface area contributed by atoms with E-state index in [0.717, 1.165) is 11.8 Å². The number of amides is 4. The van der Waals surface area contributed by atoms with E-state index in [1.807, 2.05) is 6.07 Å². The fourth-order valence-corrected chi connectivity index (χ4v) is 4.59. The van der Waals surface area contributed by atoms with Crippen molar-refractivity contribution < 1.29 is 32.3 Å². The third-order valence-electron chi connectivity index (χ3n) is 6.57. The van der Waals surface area contributed by atoms with Crippen LogP contribution in [0.5, 0.6) is 0 Å². The van der Waals surface area contributed by atoms with Crippen molar-refractivity contribution in [2.75, 3.05) is 13.6 Å². The lowest BCUT2D eigenvalue weighted by atomic mass is 9.97. The average Bonchev–Trinajstić information content (AvgIpc) is 3.40. The van der Waals surface area contributed by atoms with Crippen LogP contribution in [-0.2, 0) is 19.2 Å². The van der Waals surface area contributed by atoms with Crippen molar-refractivity contribution in [3.63, 3.8) is 0 Å². The number of likely N-dealkylation sites (tertiary alicyclic amines) is 1. The van der Waals surface area contributed by atoms with Gasteiger partial charge in [0, 0.05) is 19.0 Å². The molecule has 3 rings (SSSR count). The van der Waals surface area contributed by atoms with Gasteiger partial charge < -0.3 is 20.4 Å². The Hall–Kier alpha value is -3.95. The summed E-state index contributed by atoms with van der Waals surface area (Å²) < 4.78 is 38.0. The number of hydrogen-bond donors (Lipinski definition) is 2. The zero-order chi connectivity index (χ0) is 28.4. The second-order valence-corrected chi connectivity index (χ2v) is 9.91. The number of alkyl halides is 3. The first kappa shape index (κ1) is 28.6. The fourth-order valence-electron chi connectivity index (χ4n) is 4.59. The summed E-state index contributed by atoms with van der Waals surface area (Å²) in [6.07, 6.45) is -5.10. The molecule has 2 aliphatic heterocycles. The molecule has 1 aromatic carbocycles. The van der Waals surface area contributed by atoms with Gasteiger partial charge in [-0.25, -0.2) is 4.99 Å². The van der Waals surface area contributed by atoms with Crippen molar-refractivity contribution in [1.82, 2.24) is 20.4 Å². The van der Waals surface area contributed by atoms with Crippen LogP contribution >= 0.6 is 0 Å². The Morgan fingerprint density at radius 2 is 1.89 bits per heavy atom. The van der Waals surface area contributed by atoms with Gasteiger partial charge in [-0.05, 0) is 19.3 Å². The predicted molar refractivity (Wildman–Crippen MR) is 129 cm³/mol. The van der Waals surface area contributed by atoms with Gasteiger partial charge in [0.25, 0.3) is 5.91 Å². The molecule has 2 N–H and O–H groups in total. The van der Waals surface area contributed by atoms with Gasteiger partial charge in [0.2, 0.25) is 11.8 Å². The van der Waals surface area contributed by atoms with Gasteiger partial charge >= 0.3 is 12.1 Å². The number of halogens is 3. The molecule has 2 aliphatic rings. The van der Waals surface area contributed by atoms with E-state index in [4.69, 9.17) is 0 Å². The van der Waals surface area contributed by atoms with Crippen LogP contribution in [0.4, 0.5) is 13.2 Å². The van der Waals surface area contributed by atoms with Gasteiger partial charge in [-0.1, -0.05) is 44.2 Å². The van der Waals surface area contributed by atoms with E-state index in [0.29, 0.717) is 11.4 Å². The first-order valence-electron chi connectivity index (χ1n) is 12.0. The minimum absolute atomic E-state index is 0.0541. The van der Waals surface area contributed by atoms with E-state index in [-0.39, 0.29) is 25.3 Å². The molecule has 1 spiro atoms. The predicted octanol–water partition coefficient (Wildman–Crippen LogP) is 1.37. The van der Waals surface area contributed by atoms with Crippen LogP contribution in [0.25, 0.3) is 0 Å². The number of hydrogen-bond acceptors (Lipinski definition) is 6. The van der Waals surface area contributed by atoms with E-state index in [2.05, 4.69) is 10.3 Å². The van der Waals surface area contributed by atoms with E-state index >= 15 is 0 Å². The Morgan fingerprint density at radius 1 is 1.26 bits per heavy atom. The number of nitrogens with zero attached hydrogens (tertiary/aromatic N) is 4. The van der Waals surface area contributed by atoms with Crippen LogP contribution in [0.2, 0.25) is 0 Å². The SMILES string of the molecule is CC(C)C[C@@H](C(=O)N1C[C@@]2(C[C@H]1C#N)N=C(c1ccccc1)NC2=O)N(C)C(=O)[C@H](C)NC(=O)C(F)(F)F. The Labute approximate surface area is 217 Å². The second-order valence-electron chi connectivity index (χ2n) is 9.91. The van der Waals surface area contributed by atoms with Gasteiger partial charge in [-0.3, -0.25) is 19.2 Å². The van der Waals surface area contributed by atoms with Crippen LogP contribution in [0, 0.1) is 17.2 Å². The highest BCUT2D eigenvalue weighted by molar-refractivity contribution is 6.15. The molecule has 0 aliphatic carbocycles. The molecular formula is C25H29F3N6O4. The zero-order valence-corrected chi connectivity index (χ0v) is 21.4. The molecule has 0 radical (unpaired) electrons. The van der Waals surface area contributed by atoms with E-state index in [9.17, 15) is 37.6 Å². The molecule has 0 aromatic heterocycles. The van der Waals surface area contributed by atoms with Gasteiger partial charge in [-0.2, -0.15) is 18.4 Å². The highest BCUT2D eigenvalue weighted by Crippen LogP contribution is 2.35. The maximum absolute atomic E-state index is 13.7. The highest BCUT2D eigenvalue weighted by atomic mass is 19.4. The third-order valence-corrected chi connectivity index (χ3v) is 6.57. The number of benzene rings is 1. The van der Waals surface area contributed by atoms with Gasteiger partial charge in [0.15, 0.2) is 5.54 Å². The molecule has 38 heavy (non-hydrogen) atoms. The van der Waals surface area contributed by atoms with Crippen molar-refractivity contribution >= 4 is 29.5 Å². The number of amidine groups is 1. The number of carbonyl (C=O) groups is 4. The number of aliphatic imine (C=N–C) groups is 1. The maximum Gasteiger partial charge on any atom is 0.471 e. The number of carbonyl (C=O) groups excluding carboxylic acids is 4. The van der Waals surface area contributed by atoms with Gasteiger partial charge in [-0.15, -0.1) is 0 Å². The topological polar surface area (TPSA) is 135 Å². The summed E-state index contributed by atoms with van der Waals surface area (Å²) in [6, 6.07) is 7.18. The zero-order valence-electron chi connectivity index (χ0n) is 21.4. The molecule has 0 unspecified atom stereocenters. The second kappa shape index (κ2) is 10.8. The first-order chi connectivity index (χ1) is 17.7. The Balaban J connectivity index is 1.86. The van der Waals surface area contributed by atoms with Crippen LogP contribution in [0.1, 0.15) is 39.2 Å². The monoisotopic (exact) mass is 534 g/mol. The van der Waals surface area contributed by atoms with E-state index in [1.165, 1.54) is 11.9 Å². The Bertz CT molecular complexity index is 1180. The lowest BCUT2D eigenvalue weighted by Crippen LogP contribution is -2.56. The largest absolute Gasteiger partial charge is 0.471 e. The molecule has 0 saturated carbocycles. The summed E-state index contributed by atoms with van der Waals surface area (Å²) in [5.41, 5.74) is -0.728. The molecule has 204 valence electrons.